The predicted molar refractivity (Wildman–Crippen MR) is 98.6 cm³/mol. The average molecular weight is 332 g/mol. The molecule has 0 N–H and O–H groups in total. The van der Waals surface area contributed by atoms with Gasteiger partial charge in [0, 0.05) is 13.1 Å². The lowest BCUT2D eigenvalue weighted by Gasteiger charge is -2.36. The number of likely N-dealkylation sites (N-methyl/N-ethyl adjacent to an activating group) is 1. The quantitative estimate of drug-likeness (QED) is 0.828. The summed E-state index contributed by atoms with van der Waals surface area (Å²) in [5.74, 6) is 1.28. The van der Waals surface area contributed by atoms with Crippen LogP contribution in [0.3, 0.4) is 0 Å². The Morgan fingerprint density at radius 1 is 1.25 bits per heavy atom. The second-order valence-corrected chi connectivity index (χ2v) is 7.44. The Labute approximate surface area is 146 Å². The molecule has 24 heavy (non-hydrogen) atoms. The number of aryl methyl sites for hydroxylation is 1. The van der Waals surface area contributed by atoms with E-state index < -0.39 is 6.10 Å². The van der Waals surface area contributed by atoms with E-state index in [-0.39, 0.29) is 5.91 Å². The molecule has 0 spiro atoms. The topological polar surface area (TPSA) is 32.8 Å². The Hall–Kier alpha value is -1.55. The van der Waals surface area contributed by atoms with Gasteiger partial charge < -0.3 is 14.5 Å². The molecule has 1 saturated heterocycles. The van der Waals surface area contributed by atoms with E-state index in [0.717, 1.165) is 42.8 Å². The monoisotopic (exact) mass is 332 g/mol. The third-order valence-corrected chi connectivity index (χ3v) is 5.03. The molecule has 0 unspecified atom stereocenters. The van der Waals surface area contributed by atoms with Crippen molar-refractivity contribution in [2.24, 2.45) is 0 Å². The molecule has 1 aliphatic heterocycles. The number of hydrogen-bond donors (Lipinski definition) is 0. The molecule has 4 nitrogen and oxygen atoms in total. The van der Waals surface area contributed by atoms with E-state index in [2.05, 4.69) is 37.9 Å². The van der Waals surface area contributed by atoms with Gasteiger partial charge in [-0.3, -0.25) is 4.79 Å². The van der Waals surface area contributed by atoms with Gasteiger partial charge in [-0.05, 0) is 69.9 Å². The highest BCUT2D eigenvalue weighted by molar-refractivity contribution is 5.81. The molecule has 1 aromatic rings. The normalized spacial score (nSPS) is 17.8. The van der Waals surface area contributed by atoms with Crippen LogP contribution in [0.4, 0.5) is 0 Å². The number of hydrogen-bond acceptors (Lipinski definition) is 3. The van der Waals surface area contributed by atoms with Crippen molar-refractivity contribution in [1.82, 2.24) is 9.80 Å². The summed E-state index contributed by atoms with van der Waals surface area (Å²) >= 11 is 0. The van der Waals surface area contributed by atoms with Crippen molar-refractivity contribution in [2.75, 3.05) is 27.2 Å². The molecule has 0 bridgehead atoms. The van der Waals surface area contributed by atoms with E-state index in [9.17, 15) is 4.79 Å². The Morgan fingerprint density at radius 3 is 2.46 bits per heavy atom. The first-order valence-electron chi connectivity index (χ1n) is 9.02. The maximum atomic E-state index is 12.8. The third kappa shape index (κ3) is 4.50. The maximum Gasteiger partial charge on any atom is 0.263 e. The zero-order valence-corrected chi connectivity index (χ0v) is 16.0. The number of rotatable bonds is 5. The van der Waals surface area contributed by atoms with Gasteiger partial charge in [0.25, 0.3) is 5.91 Å². The fourth-order valence-corrected chi connectivity index (χ4v) is 3.31. The summed E-state index contributed by atoms with van der Waals surface area (Å²) in [6.45, 7) is 10.3. The highest BCUT2D eigenvalue weighted by Crippen LogP contribution is 2.28. The van der Waals surface area contributed by atoms with Crippen molar-refractivity contribution < 1.29 is 9.53 Å². The molecule has 1 heterocycles. The number of carbonyl (C=O) groups is 1. The maximum absolute atomic E-state index is 12.8. The number of likely N-dealkylation sites (tertiary alicyclic amines) is 1. The Kier molecular flexibility index (Phi) is 6.27. The van der Waals surface area contributed by atoms with E-state index in [4.69, 9.17) is 4.74 Å². The number of benzene rings is 1. The van der Waals surface area contributed by atoms with Crippen LogP contribution in [-0.2, 0) is 4.79 Å². The van der Waals surface area contributed by atoms with Gasteiger partial charge in [-0.15, -0.1) is 0 Å². The van der Waals surface area contributed by atoms with Crippen LogP contribution < -0.4 is 4.74 Å². The van der Waals surface area contributed by atoms with Crippen molar-refractivity contribution in [3.05, 3.63) is 29.3 Å². The molecule has 1 fully saturated rings. The summed E-state index contributed by atoms with van der Waals surface area (Å²) in [4.78, 5) is 17.0. The summed E-state index contributed by atoms with van der Waals surface area (Å²) < 4.78 is 6.08. The minimum absolute atomic E-state index is 0.0702. The van der Waals surface area contributed by atoms with Crippen LogP contribution in [0.2, 0.25) is 0 Å². The van der Waals surface area contributed by atoms with E-state index >= 15 is 0 Å². The van der Waals surface area contributed by atoms with Crippen LogP contribution in [-0.4, -0.2) is 55.0 Å². The molecule has 0 aliphatic carbocycles. The van der Waals surface area contributed by atoms with Gasteiger partial charge in [0.1, 0.15) is 5.75 Å². The van der Waals surface area contributed by atoms with E-state index in [1.165, 1.54) is 0 Å². The van der Waals surface area contributed by atoms with Gasteiger partial charge >= 0.3 is 0 Å². The Bertz CT molecular complexity index is 563. The second-order valence-electron chi connectivity index (χ2n) is 7.44. The zero-order valence-electron chi connectivity index (χ0n) is 16.0. The summed E-state index contributed by atoms with van der Waals surface area (Å²) in [6, 6.07) is 6.56. The third-order valence-electron chi connectivity index (χ3n) is 5.03. The zero-order chi connectivity index (χ0) is 17.9. The minimum Gasteiger partial charge on any atom is -0.481 e. The van der Waals surface area contributed by atoms with Gasteiger partial charge in [0.15, 0.2) is 6.10 Å². The molecule has 1 aromatic carbocycles. The van der Waals surface area contributed by atoms with E-state index in [0.29, 0.717) is 12.0 Å². The first kappa shape index (κ1) is 18.8. The fraction of sp³-hybridized carbons (Fsp3) is 0.650. The van der Waals surface area contributed by atoms with Crippen molar-refractivity contribution in [3.63, 3.8) is 0 Å². The highest BCUT2D eigenvalue weighted by atomic mass is 16.5. The molecule has 1 amide bonds. The van der Waals surface area contributed by atoms with Crippen molar-refractivity contribution in [2.45, 2.75) is 58.6 Å². The van der Waals surface area contributed by atoms with Crippen LogP contribution in [0.5, 0.6) is 5.75 Å². The summed E-state index contributed by atoms with van der Waals surface area (Å²) in [7, 11) is 4.05. The Morgan fingerprint density at radius 2 is 1.88 bits per heavy atom. The molecule has 2 rings (SSSR count). The van der Waals surface area contributed by atoms with Crippen LogP contribution in [0.25, 0.3) is 0 Å². The largest absolute Gasteiger partial charge is 0.481 e. The first-order chi connectivity index (χ1) is 11.3. The minimum atomic E-state index is -0.464. The molecule has 0 radical (unpaired) electrons. The van der Waals surface area contributed by atoms with E-state index in [1.807, 2.05) is 31.9 Å². The summed E-state index contributed by atoms with van der Waals surface area (Å²) in [5, 5.41) is 0. The molecule has 0 aromatic heterocycles. The summed E-state index contributed by atoms with van der Waals surface area (Å²) in [6.07, 6.45) is 1.61. The standard InChI is InChI=1S/C20H32N2O2/c1-14(2)18-8-7-15(3)13-19(18)24-16(4)20(23)22(6)17-9-11-21(5)12-10-17/h7-8,13-14,16-17H,9-12H2,1-6H3/t16-/m0/s1. The lowest BCUT2D eigenvalue weighted by molar-refractivity contribution is -0.139. The average Bonchev–Trinajstić information content (AvgIpc) is 2.54. The van der Waals surface area contributed by atoms with Crippen molar-refractivity contribution >= 4 is 5.91 Å². The van der Waals surface area contributed by atoms with Crippen molar-refractivity contribution in [1.29, 1.82) is 0 Å². The molecule has 1 atom stereocenters. The van der Waals surface area contributed by atoms with Gasteiger partial charge in [0.2, 0.25) is 0 Å². The number of nitrogens with zero attached hydrogens (tertiary/aromatic N) is 2. The smallest absolute Gasteiger partial charge is 0.263 e. The molecule has 134 valence electrons. The van der Waals surface area contributed by atoms with E-state index in [1.54, 1.807) is 0 Å². The lowest BCUT2D eigenvalue weighted by atomic mass is 10.0. The van der Waals surface area contributed by atoms with Crippen LogP contribution in [0.15, 0.2) is 18.2 Å². The van der Waals surface area contributed by atoms with Gasteiger partial charge in [-0.1, -0.05) is 26.0 Å². The number of piperidine rings is 1. The second kappa shape index (κ2) is 8.02. The lowest BCUT2D eigenvalue weighted by Crippen LogP contribution is -2.48. The van der Waals surface area contributed by atoms with Crippen LogP contribution >= 0.6 is 0 Å². The van der Waals surface area contributed by atoms with Gasteiger partial charge in [0.05, 0.1) is 0 Å². The van der Waals surface area contributed by atoms with Gasteiger partial charge in [-0.2, -0.15) is 0 Å². The van der Waals surface area contributed by atoms with Crippen LogP contribution in [0, 0.1) is 6.92 Å². The molecular formula is C20H32N2O2. The summed E-state index contributed by atoms with van der Waals surface area (Å²) in [5.41, 5.74) is 2.31. The molecule has 4 heteroatoms. The predicted octanol–water partition coefficient (Wildman–Crippen LogP) is 3.44. The molecule has 1 aliphatic rings. The number of carbonyl (C=O) groups excluding carboxylic acids is 1. The fourth-order valence-electron chi connectivity index (χ4n) is 3.31. The van der Waals surface area contributed by atoms with Gasteiger partial charge in [-0.25, -0.2) is 0 Å². The Balaban J connectivity index is 2.05. The first-order valence-corrected chi connectivity index (χ1v) is 9.02. The number of amides is 1. The van der Waals surface area contributed by atoms with Crippen molar-refractivity contribution in [3.8, 4) is 5.75 Å². The highest BCUT2D eigenvalue weighted by Gasteiger charge is 2.28. The number of ether oxygens (including phenoxy) is 1. The molecular weight excluding hydrogens is 300 g/mol. The van der Waals surface area contributed by atoms with Crippen LogP contribution in [0.1, 0.15) is 50.7 Å². The molecule has 0 saturated carbocycles. The SMILES string of the molecule is Cc1ccc(C(C)C)c(O[C@@H](C)C(=O)N(C)C2CCN(C)CC2)c1.